The summed E-state index contributed by atoms with van der Waals surface area (Å²) in [5, 5.41) is 4.59. The standard InChI is InChI=1S/C13H18BrN5/c1-9-3-2-4-11(7-15)19(9)13-16-12-6-5-10(14)8-18(12)17-13/h5-6,8-9,11H,2-4,7,15H2,1H3. The molecule has 0 radical (unpaired) electrons. The van der Waals surface area contributed by atoms with Gasteiger partial charge < -0.3 is 10.6 Å². The maximum Gasteiger partial charge on any atom is 0.246 e. The molecule has 2 atom stereocenters. The van der Waals surface area contributed by atoms with Crippen molar-refractivity contribution in [2.45, 2.75) is 38.3 Å². The molecule has 0 aliphatic carbocycles. The number of fused-ring (bicyclic) bond motifs is 1. The van der Waals surface area contributed by atoms with Gasteiger partial charge in [0.2, 0.25) is 5.95 Å². The molecule has 1 aliphatic rings. The smallest absolute Gasteiger partial charge is 0.246 e. The third kappa shape index (κ3) is 2.34. The SMILES string of the molecule is CC1CCCC(CN)N1c1nc2ccc(Br)cn2n1. The number of aromatic nitrogens is 3. The van der Waals surface area contributed by atoms with Crippen molar-refractivity contribution < 1.29 is 0 Å². The number of hydrogen-bond donors (Lipinski definition) is 1. The van der Waals surface area contributed by atoms with Gasteiger partial charge in [-0.25, -0.2) is 4.52 Å². The molecule has 1 saturated heterocycles. The highest BCUT2D eigenvalue weighted by Gasteiger charge is 2.29. The average molecular weight is 324 g/mol. The molecule has 3 heterocycles. The number of hydrogen-bond acceptors (Lipinski definition) is 4. The Labute approximate surface area is 120 Å². The van der Waals surface area contributed by atoms with Crippen molar-refractivity contribution in [1.29, 1.82) is 0 Å². The van der Waals surface area contributed by atoms with E-state index in [2.05, 4.69) is 37.8 Å². The third-order valence-electron chi connectivity index (χ3n) is 3.81. The molecule has 0 aromatic carbocycles. The minimum Gasteiger partial charge on any atom is -0.333 e. The normalized spacial score (nSPS) is 24.1. The van der Waals surface area contributed by atoms with Gasteiger partial charge in [-0.05, 0) is 54.2 Å². The molecular formula is C13H18BrN5. The van der Waals surface area contributed by atoms with Crippen LogP contribution in [-0.2, 0) is 0 Å². The summed E-state index contributed by atoms with van der Waals surface area (Å²) in [6.07, 6.45) is 5.46. The van der Waals surface area contributed by atoms with E-state index < -0.39 is 0 Å². The van der Waals surface area contributed by atoms with E-state index in [1.807, 2.05) is 22.8 Å². The zero-order valence-corrected chi connectivity index (χ0v) is 12.5. The second-order valence-electron chi connectivity index (χ2n) is 5.14. The highest BCUT2D eigenvalue weighted by Crippen LogP contribution is 2.27. The first kappa shape index (κ1) is 12.9. The lowest BCUT2D eigenvalue weighted by molar-refractivity contribution is 0.394. The molecule has 2 N–H and O–H groups in total. The van der Waals surface area contributed by atoms with E-state index >= 15 is 0 Å². The van der Waals surface area contributed by atoms with Crippen LogP contribution in [0, 0.1) is 0 Å². The first-order chi connectivity index (χ1) is 9.19. The third-order valence-corrected chi connectivity index (χ3v) is 4.28. The maximum atomic E-state index is 5.90. The Balaban J connectivity index is 2.01. The molecule has 0 bridgehead atoms. The van der Waals surface area contributed by atoms with Crippen molar-refractivity contribution in [1.82, 2.24) is 14.6 Å². The lowest BCUT2D eigenvalue weighted by atomic mass is 9.97. The predicted molar refractivity (Wildman–Crippen MR) is 79.3 cm³/mol. The van der Waals surface area contributed by atoms with Gasteiger partial charge in [-0.1, -0.05) is 0 Å². The summed E-state index contributed by atoms with van der Waals surface area (Å²) in [5.74, 6) is 0.792. The Hall–Kier alpha value is -1.14. The molecule has 2 aromatic rings. The molecule has 1 fully saturated rings. The topological polar surface area (TPSA) is 59.5 Å². The molecule has 1 aliphatic heterocycles. The van der Waals surface area contributed by atoms with Crippen LogP contribution in [0.15, 0.2) is 22.8 Å². The lowest BCUT2D eigenvalue weighted by Crippen LogP contribution is -2.49. The maximum absolute atomic E-state index is 5.90. The lowest BCUT2D eigenvalue weighted by Gasteiger charge is -2.39. The molecule has 0 spiro atoms. The Morgan fingerprint density at radius 2 is 2.26 bits per heavy atom. The second-order valence-corrected chi connectivity index (χ2v) is 6.05. The van der Waals surface area contributed by atoms with Gasteiger partial charge in [0, 0.05) is 29.3 Å². The van der Waals surface area contributed by atoms with Gasteiger partial charge in [-0.15, -0.1) is 5.10 Å². The molecule has 2 unspecified atom stereocenters. The number of pyridine rings is 1. The van der Waals surface area contributed by atoms with Gasteiger partial charge in [-0.2, -0.15) is 4.98 Å². The van der Waals surface area contributed by atoms with Gasteiger partial charge in [0.15, 0.2) is 5.65 Å². The number of halogens is 1. The zero-order valence-electron chi connectivity index (χ0n) is 11.0. The molecule has 6 heteroatoms. The van der Waals surface area contributed by atoms with Gasteiger partial charge in [0.25, 0.3) is 0 Å². The number of piperidine rings is 1. The summed E-state index contributed by atoms with van der Waals surface area (Å²) in [5.41, 5.74) is 6.77. The van der Waals surface area contributed by atoms with Crippen LogP contribution in [0.1, 0.15) is 26.2 Å². The van der Waals surface area contributed by atoms with Crippen LogP contribution in [0.25, 0.3) is 5.65 Å². The van der Waals surface area contributed by atoms with Crippen LogP contribution in [0.5, 0.6) is 0 Å². The van der Waals surface area contributed by atoms with Crippen molar-refractivity contribution >= 4 is 27.5 Å². The molecule has 2 aromatic heterocycles. The summed E-state index contributed by atoms with van der Waals surface area (Å²) in [6.45, 7) is 2.88. The van der Waals surface area contributed by atoms with Gasteiger partial charge in [-0.3, -0.25) is 0 Å². The van der Waals surface area contributed by atoms with Crippen LogP contribution in [0.2, 0.25) is 0 Å². The summed E-state index contributed by atoms with van der Waals surface area (Å²) in [6, 6.07) is 4.74. The summed E-state index contributed by atoms with van der Waals surface area (Å²) in [7, 11) is 0. The first-order valence-electron chi connectivity index (χ1n) is 6.69. The molecule has 3 rings (SSSR count). The number of rotatable bonds is 2. The second kappa shape index (κ2) is 5.09. The summed E-state index contributed by atoms with van der Waals surface area (Å²) in [4.78, 5) is 6.91. The minimum atomic E-state index is 0.351. The Morgan fingerprint density at radius 3 is 3.05 bits per heavy atom. The van der Waals surface area contributed by atoms with Crippen LogP contribution < -0.4 is 10.6 Å². The predicted octanol–water partition coefficient (Wildman–Crippen LogP) is 2.20. The van der Waals surface area contributed by atoms with E-state index in [4.69, 9.17) is 5.73 Å². The monoisotopic (exact) mass is 323 g/mol. The number of nitrogens with zero attached hydrogens (tertiary/aromatic N) is 4. The minimum absolute atomic E-state index is 0.351. The highest BCUT2D eigenvalue weighted by molar-refractivity contribution is 9.10. The van der Waals surface area contributed by atoms with Crippen molar-refractivity contribution in [2.75, 3.05) is 11.4 Å². The largest absolute Gasteiger partial charge is 0.333 e. The first-order valence-corrected chi connectivity index (χ1v) is 7.48. The van der Waals surface area contributed by atoms with Gasteiger partial charge in [0.1, 0.15) is 0 Å². The molecular weight excluding hydrogens is 306 g/mol. The van der Waals surface area contributed by atoms with Crippen LogP contribution in [0.4, 0.5) is 5.95 Å². The Morgan fingerprint density at radius 1 is 1.42 bits per heavy atom. The van der Waals surface area contributed by atoms with Gasteiger partial charge >= 0.3 is 0 Å². The van der Waals surface area contributed by atoms with Crippen molar-refractivity contribution in [3.8, 4) is 0 Å². The van der Waals surface area contributed by atoms with Crippen molar-refractivity contribution in [2.24, 2.45) is 5.73 Å². The number of nitrogens with two attached hydrogens (primary N) is 1. The molecule has 0 amide bonds. The van der Waals surface area contributed by atoms with E-state index in [-0.39, 0.29) is 0 Å². The van der Waals surface area contributed by atoms with Crippen LogP contribution in [0.3, 0.4) is 0 Å². The van der Waals surface area contributed by atoms with E-state index in [0.29, 0.717) is 18.6 Å². The Kier molecular flexibility index (Phi) is 3.45. The molecule has 102 valence electrons. The quantitative estimate of drug-likeness (QED) is 0.920. The molecule has 19 heavy (non-hydrogen) atoms. The van der Waals surface area contributed by atoms with E-state index in [1.54, 1.807) is 0 Å². The van der Waals surface area contributed by atoms with Crippen LogP contribution >= 0.6 is 15.9 Å². The Bertz CT molecular complexity index is 581. The fourth-order valence-electron chi connectivity index (χ4n) is 2.83. The van der Waals surface area contributed by atoms with Crippen molar-refractivity contribution in [3.63, 3.8) is 0 Å². The highest BCUT2D eigenvalue weighted by atomic mass is 79.9. The molecule has 0 saturated carbocycles. The average Bonchev–Trinajstić information content (AvgIpc) is 2.80. The summed E-state index contributed by atoms with van der Waals surface area (Å²) >= 11 is 3.45. The van der Waals surface area contributed by atoms with E-state index in [0.717, 1.165) is 22.5 Å². The fraction of sp³-hybridized carbons (Fsp3) is 0.538. The zero-order chi connectivity index (χ0) is 13.4. The van der Waals surface area contributed by atoms with E-state index in [1.165, 1.54) is 12.8 Å². The number of anilines is 1. The van der Waals surface area contributed by atoms with Crippen molar-refractivity contribution in [3.05, 3.63) is 22.8 Å². The van der Waals surface area contributed by atoms with E-state index in [9.17, 15) is 0 Å². The molecule has 5 nitrogen and oxygen atoms in total. The summed E-state index contributed by atoms with van der Waals surface area (Å²) < 4.78 is 2.81. The van der Waals surface area contributed by atoms with Gasteiger partial charge in [0.05, 0.1) is 0 Å². The fourth-order valence-corrected chi connectivity index (χ4v) is 3.16. The van der Waals surface area contributed by atoms with Crippen LogP contribution in [-0.4, -0.2) is 33.2 Å².